The second-order valence-electron chi connectivity index (χ2n) is 6.16. The number of thiophene rings is 1. The van der Waals surface area contributed by atoms with Gasteiger partial charge in [-0.3, -0.25) is 9.59 Å². The first-order chi connectivity index (χ1) is 13.2. The van der Waals surface area contributed by atoms with E-state index in [0.29, 0.717) is 18.0 Å². The third-order valence-corrected chi connectivity index (χ3v) is 5.16. The highest BCUT2D eigenvalue weighted by atomic mass is 32.1. The third kappa shape index (κ3) is 5.53. The Hall–Kier alpha value is -2.92. The monoisotopic (exact) mass is 378 g/mol. The summed E-state index contributed by atoms with van der Waals surface area (Å²) in [6.45, 7) is 0.843. The van der Waals surface area contributed by atoms with Gasteiger partial charge in [0.05, 0.1) is 4.88 Å². The van der Waals surface area contributed by atoms with E-state index >= 15 is 0 Å². The van der Waals surface area contributed by atoms with Gasteiger partial charge in [-0.15, -0.1) is 11.3 Å². The zero-order valence-corrected chi connectivity index (χ0v) is 15.7. The molecule has 0 aliphatic carbocycles. The second kappa shape index (κ2) is 9.69. The fourth-order valence-corrected chi connectivity index (χ4v) is 3.53. The van der Waals surface area contributed by atoms with Crippen molar-refractivity contribution in [1.29, 1.82) is 0 Å². The number of carbonyl (C=O) groups excluding carboxylic acids is 2. The van der Waals surface area contributed by atoms with Crippen molar-refractivity contribution < 1.29 is 9.59 Å². The van der Waals surface area contributed by atoms with Crippen molar-refractivity contribution in [3.8, 4) is 0 Å². The second-order valence-corrected chi connectivity index (χ2v) is 7.11. The van der Waals surface area contributed by atoms with Gasteiger partial charge in [-0.25, -0.2) is 0 Å². The predicted octanol–water partition coefficient (Wildman–Crippen LogP) is 3.82. The van der Waals surface area contributed by atoms with Gasteiger partial charge in [-0.05, 0) is 22.6 Å². The highest BCUT2D eigenvalue weighted by molar-refractivity contribution is 7.12. The first kappa shape index (κ1) is 18.9. The van der Waals surface area contributed by atoms with Crippen LogP contribution in [0.5, 0.6) is 0 Å². The first-order valence-electron chi connectivity index (χ1n) is 8.92. The molecule has 0 fully saturated rings. The molecular formula is C22H22N2O2S. The molecule has 0 atom stereocenters. The molecule has 0 saturated heterocycles. The van der Waals surface area contributed by atoms with E-state index in [9.17, 15) is 9.59 Å². The van der Waals surface area contributed by atoms with Crippen LogP contribution in [0.25, 0.3) is 0 Å². The third-order valence-electron chi connectivity index (χ3n) is 4.29. The molecule has 0 unspecified atom stereocenters. The SMILES string of the molecule is O=C(CCNC(=O)c1cccs1)NCC(c1ccccc1)c1ccccc1. The molecule has 4 nitrogen and oxygen atoms in total. The minimum absolute atomic E-state index is 0.0710. The lowest BCUT2D eigenvalue weighted by Gasteiger charge is -2.19. The summed E-state index contributed by atoms with van der Waals surface area (Å²) in [6.07, 6.45) is 0.257. The first-order valence-corrected chi connectivity index (χ1v) is 9.80. The molecule has 0 spiro atoms. The normalized spacial score (nSPS) is 10.6. The Morgan fingerprint density at radius 3 is 2.00 bits per heavy atom. The van der Waals surface area contributed by atoms with Crippen LogP contribution in [-0.4, -0.2) is 24.9 Å². The number of hydrogen-bond acceptors (Lipinski definition) is 3. The molecule has 2 amide bonds. The molecule has 3 rings (SSSR count). The standard InChI is InChI=1S/C22H22N2O2S/c25-21(13-14-23-22(26)20-12-7-15-27-20)24-16-19(17-8-3-1-4-9-17)18-10-5-2-6-11-18/h1-12,15,19H,13-14,16H2,(H,23,26)(H,24,25). The van der Waals surface area contributed by atoms with Crippen molar-refractivity contribution in [2.75, 3.05) is 13.1 Å². The van der Waals surface area contributed by atoms with E-state index in [1.54, 1.807) is 6.07 Å². The van der Waals surface area contributed by atoms with Crippen molar-refractivity contribution in [3.63, 3.8) is 0 Å². The van der Waals surface area contributed by atoms with Crippen LogP contribution in [0.15, 0.2) is 78.2 Å². The van der Waals surface area contributed by atoms with Gasteiger partial charge in [-0.1, -0.05) is 66.7 Å². The molecule has 0 bridgehead atoms. The molecule has 0 radical (unpaired) electrons. The van der Waals surface area contributed by atoms with Gasteiger partial charge < -0.3 is 10.6 Å². The molecule has 138 valence electrons. The van der Waals surface area contributed by atoms with Gasteiger partial charge in [0.2, 0.25) is 5.91 Å². The van der Waals surface area contributed by atoms with E-state index in [2.05, 4.69) is 34.9 Å². The zero-order valence-electron chi connectivity index (χ0n) is 14.9. The maximum atomic E-state index is 12.2. The summed E-state index contributed by atoms with van der Waals surface area (Å²) in [5, 5.41) is 7.63. The van der Waals surface area contributed by atoms with E-state index in [1.807, 2.05) is 47.8 Å². The Morgan fingerprint density at radius 2 is 1.44 bits per heavy atom. The van der Waals surface area contributed by atoms with Gasteiger partial charge in [0, 0.05) is 25.4 Å². The average molecular weight is 378 g/mol. The fourth-order valence-electron chi connectivity index (χ4n) is 2.89. The van der Waals surface area contributed by atoms with Crippen LogP contribution in [-0.2, 0) is 4.79 Å². The Balaban J connectivity index is 1.52. The zero-order chi connectivity index (χ0) is 18.9. The molecule has 0 aliphatic rings. The van der Waals surface area contributed by atoms with Crippen LogP contribution >= 0.6 is 11.3 Å². The number of carbonyl (C=O) groups is 2. The number of hydrogen-bond donors (Lipinski definition) is 2. The van der Waals surface area contributed by atoms with E-state index in [4.69, 9.17) is 0 Å². The van der Waals surface area contributed by atoms with Crippen LogP contribution < -0.4 is 10.6 Å². The van der Waals surface area contributed by atoms with Crippen molar-refractivity contribution >= 4 is 23.2 Å². The molecule has 1 aromatic heterocycles. The molecule has 0 aliphatic heterocycles. The molecular weight excluding hydrogens is 356 g/mol. The summed E-state index contributed by atoms with van der Waals surface area (Å²) in [4.78, 5) is 24.8. The number of amides is 2. The van der Waals surface area contributed by atoms with E-state index in [0.717, 1.165) is 11.1 Å². The molecule has 3 aromatic rings. The van der Waals surface area contributed by atoms with E-state index in [1.165, 1.54) is 11.3 Å². The predicted molar refractivity (Wildman–Crippen MR) is 109 cm³/mol. The highest BCUT2D eigenvalue weighted by Crippen LogP contribution is 2.23. The summed E-state index contributed by atoms with van der Waals surface area (Å²) < 4.78 is 0. The minimum atomic E-state index is -0.135. The van der Waals surface area contributed by atoms with Crippen molar-refractivity contribution in [3.05, 3.63) is 94.2 Å². The fraction of sp³-hybridized carbons (Fsp3) is 0.182. The van der Waals surface area contributed by atoms with E-state index in [-0.39, 0.29) is 24.2 Å². The topological polar surface area (TPSA) is 58.2 Å². The number of benzene rings is 2. The summed E-state index contributed by atoms with van der Waals surface area (Å²) >= 11 is 1.39. The Labute approximate surface area is 163 Å². The lowest BCUT2D eigenvalue weighted by Crippen LogP contribution is -2.32. The van der Waals surface area contributed by atoms with Gasteiger partial charge in [0.15, 0.2) is 0 Å². The van der Waals surface area contributed by atoms with Crippen LogP contribution in [0.2, 0.25) is 0 Å². The largest absolute Gasteiger partial charge is 0.355 e. The van der Waals surface area contributed by atoms with Crippen LogP contribution in [0.1, 0.15) is 33.1 Å². The molecule has 2 N–H and O–H groups in total. The molecule has 27 heavy (non-hydrogen) atoms. The van der Waals surface area contributed by atoms with Crippen molar-refractivity contribution in [2.45, 2.75) is 12.3 Å². The quantitative estimate of drug-likeness (QED) is 0.626. The van der Waals surface area contributed by atoms with Crippen molar-refractivity contribution in [2.24, 2.45) is 0 Å². The maximum Gasteiger partial charge on any atom is 0.261 e. The lowest BCUT2D eigenvalue weighted by atomic mass is 9.91. The number of nitrogens with one attached hydrogen (secondary N) is 2. The Morgan fingerprint density at radius 1 is 0.815 bits per heavy atom. The van der Waals surface area contributed by atoms with Gasteiger partial charge in [0.1, 0.15) is 0 Å². The smallest absolute Gasteiger partial charge is 0.261 e. The van der Waals surface area contributed by atoms with Crippen LogP contribution in [0.4, 0.5) is 0 Å². The average Bonchev–Trinajstić information content (AvgIpc) is 3.25. The highest BCUT2D eigenvalue weighted by Gasteiger charge is 2.15. The molecule has 2 aromatic carbocycles. The maximum absolute atomic E-state index is 12.2. The van der Waals surface area contributed by atoms with Gasteiger partial charge >= 0.3 is 0 Å². The molecule has 1 heterocycles. The summed E-state index contributed by atoms with van der Waals surface area (Å²) in [6, 6.07) is 23.9. The Kier molecular flexibility index (Phi) is 6.77. The van der Waals surface area contributed by atoms with Crippen molar-refractivity contribution in [1.82, 2.24) is 10.6 Å². The van der Waals surface area contributed by atoms with Crippen LogP contribution in [0, 0.1) is 0 Å². The van der Waals surface area contributed by atoms with Crippen LogP contribution in [0.3, 0.4) is 0 Å². The summed E-state index contributed by atoms with van der Waals surface area (Å²) in [7, 11) is 0. The van der Waals surface area contributed by atoms with E-state index < -0.39 is 0 Å². The summed E-state index contributed by atoms with van der Waals surface area (Å²) in [5.41, 5.74) is 2.32. The summed E-state index contributed by atoms with van der Waals surface area (Å²) in [5.74, 6) is -0.111. The molecule has 0 saturated carbocycles. The minimum Gasteiger partial charge on any atom is -0.355 e. The molecule has 5 heteroatoms. The lowest BCUT2D eigenvalue weighted by molar-refractivity contribution is -0.120. The Bertz CT molecular complexity index is 809. The number of rotatable bonds is 8. The van der Waals surface area contributed by atoms with Gasteiger partial charge in [0.25, 0.3) is 5.91 Å². The van der Waals surface area contributed by atoms with Gasteiger partial charge in [-0.2, -0.15) is 0 Å².